The normalized spacial score (nSPS) is 16.7. The van der Waals surface area contributed by atoms with Gasteiger partial charge in [-0.05, 0) is 24.6 Å². The van der Waals surface area contributed by atoms with Gasteiger partial charge in [-0.15, -0.1) is 0 Å². The maximum absolute atomic E-state index is 12.9. The maximum atomic E-state index is 12.9. The summed E-state index contributed by atoms with van der Waals surface area (Å²) in [7, 11) is 3.48. The van der Waals surface area contributed by atoms with Gasteiger partial charge >= 0.3 is 0 Å². The van der Waals surface area contributed by atoms with Gasteiger partial charge in [-0.25, -0.2) is 0 Å². The lowest BCUT2D eigenvalue weighted by Gasteiger charge is -2.26. The van der Waals surface area contributed by atoms with Crippen LogP contribution in [0.4, 0.5) is 0 Å². The average Bonchev–Trinajstić information content (AvgIpc) is 3.14. The first kappa shape index (κ1) is 17.4. The number of aromatic nitrogens is 2. The van der Waals surface area contributed by atoms with Crippen LogP contribution in [0.25, 0.3) is 0 Å². The summed E-state index contributed by atoms with van der Waals surface area (Å²) in [6, 6.07) is 7.08. The lowest BCUT2D eigenvalue weighted by Crippen LogP contribution is -2.37. The number of rotatable bonds is 3. The maximum Gasteiger partial charge on any atom is 0.274 e. The fourth-order valence-electron chi connectivity index (χ4n) is 3.31. The van der Waals surface area contributed by atoms with Crippen molar-refractivity contribution in [2.75, 3.05) is 33.9 Å². The van der Waals surface area contributed by atoms with E-state index in [4.69, 9.17) is 9.47 Å². The highest BCUT2D eigenvalue weighted by Crippen LogP contribution is 2.34. The number of benzene rings is 1. The van der Waals surface area contributed by atoms with Gasteiger partial charge < -0.3 is 19.3 Å². The topological polar surface area (TPSA) is 76.9 Å². The molecule has 0 radical (unpaired) electrons. The molecule has 0 fully saturated rings. The van der Waals surface area contributed by atoms with Crippen LogP contribution < -0.4 is 9.47 Å². The highest BCUT2D eigenvalue weighted by molar-refractivity contribution is 5.98. The summed E-state index contributed by atoms with van der Waals surface area (Å²) >= 11 is 0. The number of hydrogen-bond donors (Lipinski definition) is 0. The average molecular weight is 370 g/mol. The van der Waals surface area contributed by atoms with Gasteiger partial charge in [0.1, 0.15) is 18.9 Å². The van der Waals surface area contributed by atoms with Gasteiger partial charge in [0.25, 0.3) is 11.8 Å². The summed E-state index contributed by atoms with van der Waals surface area (Å²) in [6.07, 6.45) is 0. The Morgan fingerprint density at radius 3 is 2.70 bits per heavy atom. The van der Waals surface area contributed by atoms with Gasteiger partial charge in [0.05, 0.1) is 12.6 Å². The van der Waals surface area contributed by atoms with Crippen LogP contribution in [0.2, 0.25) is 0 Å². The molecular weight excluding hydrogens is 348 g/mol. The van der Waals surface area contributed by atoms with Crippen LogP contribution >= 0.6 is 0 Å². The molecule has 1 unspecified atom stereocenters. The second-order valence-corrected chi connectivity index (χ2v) is 6.86. The minimum atomic E-state index is -0.227. The summed E-state index contributed by atoms with van der Waals surface area (Å²) in [5.74, 6) is 1.07. The first-order valence-corrected chi connectivity index (χ1v) is 8.95. The van der Waals surface area contributed by atoms with Crippen LogP contribution in [0.3, 0.4) is 0 Å². The molecule has 0 saturated carbocycles. The lowest BCUT2D eigenvalue weighted by molar-refractivity contribution is 0.0725. The van der Waals surface area contributed by atoms with Gasteiger partial charge in [0, 0.05) is 26.7 Å². The molecule has 2 amide bonds. The van der Waals surface area contributed by atoms with Gasteiger partial charge in [-0.3, -0.25) is 14.3 Å². The molecule has 8 nitrogen and oxygen atoms in total. The van der Waals surface area contributed by atoms with E-state index in [0.29, 0.717) is 37.7 Å². The molecule has 1 atom stereocenters. The molecule has 1 aromatic heterocycles. The van der Waals surface area contributed by atoms with Crippen molar-refractivity contribution in [3.8, 4) is 11.5 Å². The standard InChI is InChI=1S/C19H22N4O4/c1-12(13-4-5-16-17(10-13)27-9-8-26-16)22(3)18(24)14-11-15-19(25)21(2)6-7-23(15)20-14/h4-5,10-12H,6-9H2,1-3H3. The molecule has 4 rings (SSSR count). The Bertz CT molecular complexity index is 907. The molecule has 2 aliphatic heterocycles. The zero-order chi connectivity index (χ0) is 19.1. The van der Waals surface area contributed by atoms with Crippen molar-refractivity contribution in [3.05, 3.63) is 41.2 Å². The van der Waals surface area contributed by atoms with Crippen LogP contribution in [-0.2, 0) is 6.54 Å². The lowest BCUT2D eigenvalue weighted by atomic mass is 10.1. The third-order valence-electron chi connectivity index (χ3n) is 5.16. The summed E-state index contributed by atoms with van der Waals surface area (Å²) in [5, 5.41) is 4.34. The van der Waals surface area contributed by atoms with E-state index in [0.717, 1.165) is 11.3 Å². The Morgan fingerprint density at radius 1 is 1.19 bits per heavy atom. The number of fused-ring (bicyclic) bond motifs is 2. The van der Waals surface area contributed by atoms with Crippen molar-refractivity contribution in [2.24, 2.45) is 0 Å². The van der Waals surface area contributed by atoms with E-state index in [1.165, 1.54) is 0 Å². The Kier molecular flexibility index (Phi) is 4.25. The number of carbonyl (C=O) groups excluding carboxylic acids is 2. The Balaban J connectivity index is 1.56. The van der Waals surface area contributed by atoms with E-state index < -0.39 is 0 Å². The predicted octanol–water partition coefficient (Wildman–Crippen LogP) is 1.57. The molecule has 1 aromatic carbocycles. The van der Waals surface area contributed by atoms with E-state index in [-0.39, 0.29) is 23.6 Å². The third kappa shape index (κ3) is 3.01. The van der Waals surface area contributed by atoms with Crippen LogP contribution in [0.15, 0.2) is 24.3 Å². The largest absolute Gasteiger partial charge is 0.486 e. The highest BCUT2D eigenvalue weighted by atomic mass is 16.6. The molecule has 3 heterocycles. The summed E-state index contributed by atoms with van der Waals surface area (Å²) in [4.78, 5) is 28.4. The van der Waals surface area contributed by atoms with Crippen molar-refractivity contribution in [1.82, 2.24) is 19.6 Å². The van der Waals surface area contributed by atoms with E-state index in [1.807, 2.05) is 25.1 Å². The molecule has 8 heteroatoms. The van der Waals surface area contributed by atoms with Crippen molar-refractivity contribution in [2.45, 2.75) is 19.5 Å². The monoisotopic (exact) mass is 370 g/mol. The molecule has 0 aliphatic carbocycles. The molecular formula is C19H22N4O4. The van der Waals surface area contributed by atoms with Gasteiger partial charge in [-0.2, -0.15) is 5.10 Å². The number of likely N-dealkylation sites (N-methyl/N-ethyl adjacent to an activating group) is 1. The Hall–Kier alpha value is -3.03. The van der Waals surface area contributed by atoms with Crippen molar-refractivity contribution < 1.29 is 19.1 Å². The fraction of sp³-hybridized carbons (Fsp3) is 0.421. The van der Waals surface area contributed by atoms with E-state index in [2.05, 4.69) is 5.10 Å². The molecule has 142 valence electrons. The van der Waals surface area contributed by atoms with Gasteiger partial charge in [-0.1, -0.05) is 6.07 Å². The molecule has 0 spiro atoms. The van der Waals surface area contributed by atoms with E-state index in [1.54, 1.807) is 34.6 Å². The molecule has 27 heavy (non-hydrogen) atoms. The second kappa shape index (κ2) is 6.61. The van der Waals surface area contributed by atoms with Gasteiger partial charge in [0.2, 0.25) is 0 Å². The SMILES string of the molecule is CC(c1ccc2c(c1)OCCO2)N(C)C(=O)c1cc2n(n1)CCN(C)C2=O. The number of hydrogen-bond acceptors (Lipinski definition) is 5. The Morgan fingerprint density at radius 2 is 1.93 bits per heavy atom. The number of nitrogens with zero attached hydrogens (tertiary/aromatic N) is 4. The summed E-state index contributed by atoms with van der Waals surface area (Å²) in [5.41, 5.74) is 1.67. The number of carbonyl (C=O) groups is 2. The van der Waals surface area contributed by atoms with Crippen molar-refractivity contribution in [3.63, 3.8) is 0 Å². The summed E-state index contributed by atoms with van der Waals surface area (Å²) in [6.45, 7) is 4.18. The third-order valence-corrected chi connectivity index (χ3v) is 5.16. The molecule has 2 aliphatic rings. The van der Waals surface area contributed by atoms with Gasteiger partial charge in [0.15, 0.2) is 17.2 Å². The van der Waals surface area contributed by atoms with Crippen molar-refractivity contribution in [1.29, 1.82) is 0 Å². The van der Waals surface area contributed by atoms with Crippen LogP contribution in [0.5, 0.6) is 11.5 Å². The first-order valence-electron chi connectivity index (χ1n) is 8.95. The second-order valence-electron chi connectivity index (χ2n) is 6.86. The van der Waals surface area contributed by atoms with E-state index >= 15 is 0 Å². The Labute approximate surface area is 157 Å². The predicted molar refractivity (Wildman–Crippen MR) is 97.1 cm³/mol. The van der Waals surface area contributed by atoms with E-state index in [9.17, 15) is 9.59 Å². The number of amides is 2. The van der Waals surface area contributed by atoms with Crippen LogP contribution in [-0.4, -0.2) is 65.2 Å². The summed E-state index contributed by atoms with van der Waals surface area (Å²) < 4.78 is 12.8. The minimum Gasteiger partial charge on any atom is -0.486 e. The van der Waals surface area contributed by atoms with Crippen LogP contribution in [0.1, 0.15) is 39.5 Å². The minimum absolute atomic E-state index is 0.115. The quantitative estimate of drug-likeness (QED) is 0.820. The molecule has 0 bridgehead atoms. The highest BCUT2D eigenvalue weighted by Gasteiger charge is 2.28. The fourth-order valence-corrected chi connectivity index (χ4v) is 3.31. The molecule has 0 N–H and O–H groups in total. The zero-order valence-electron chi connectivity index (χ0n) is 15.6. The van der Waals surface area contributed by atoms with Crippen LogP contribution in [0, 0.1) is 0 Å². The first-order chi connectivity index (χ1) is 13.0. The molecule has 0 saturated heterocycles. The smallest absolute Gasteiger partial charge is 0.274 e. The zero-order valence-corrected chi connectivity index (χ0v) is 15.6. The molecule has 2 aromatic rings. The number of ether oxygens (including phenoxy) is 2. The van der Waals surface area contributed by atoms with Crippen molar-refractivity contribution >= 4 is 11.8 Å².